The van der Waals surface area contributed by atoms with Crippen LogP contribution in [-0.2, 0) is 10.3 Å². The summed E-state index contributed by atoms with van der Waals surface area (Å²) in [4.78, 5) is 12.3. The largest absolute Gasteiger partial charge is 0.349 e. The maximum atomic E-state index is 12.3. The Morgan fingerprint density at radius 1 is 1.33 bits per heavy atom. The zero-order chi connectivity index (χ0) is 17.7. The van der Waals surface area contributed by atoms with Crippen LogP contribution in [0, 0.1) is 0 Å². The highest BCUT2D eigenvalue weighted by molar-refractivity contribution is 7.99. The SMILES string of the molecule is CCC(NC(=O)CSc1nnnn1C(C)(C)C)c1ccc(Cl)cc1. The molecule has 1 amide bonds. The highest BCUT2D eigenvalue weighted by atomic mass is 35.5. The van der Waals surface area contributed by atoms with E-state index in [0.29, 0.717) is 10.2 Å². The molecule has 0 aliphatic carbocycles. The number of amides is 1. The van der Waals surface area contributed by atoms with Gasteiger partial charge in [-0.1, -0.05) is 42.4 Å². The Hall–Kier alpha value is -1.60. The van der Waals surface area contributed by atoms with E-state index in [9.17, 15) is 4.79 Å². The second-order valence-electron chi connectivity index (χ2n) is 6.41. The second kappa shape index (κ2) is 7.98. The minimum Gasteiger partial charge on any atom is -0.349 e. The third kappa shape index (κ3) is 4.95. The van der Waals surface area contributed by atoms with Crippen molar-refractivity contribution in [1.82, 2.24) is 25.5 Å². The number of rotatable bonds is 6. The molecule has 2 rings (SSSR count). The van der Waals surface area contributed by atoms with Crippen molar-refractivity contribution >= 4 is 29.3 Å². The van der Waals surface area contributed by atoms with Crippen LogP contribution < -0.4 is 5.32 Å². The zero-order valence-corrected chi connectivity index (χ0v) is 15.9. The molecular weight excluding hydrogens is 346 g/mol. The van der Waals surface area contributed by atoms with Gasteiger partial charge in [0.15, 0.2) is 0 Å². The van der Waals surface area contributed by atoms with Crippen molar-refractivity contribution in [3.8, 4) is 0 Å². The third-order valence-corrected chi connectivity index (χ3v) is 4.60. The number of tetrazole rings is 1. The molecular formula is C16H22ClN5OS. The van der Waals surface area contributed by atoms with Crippen LogP contribution in [-0.4, -0.2) is 31.9 Å². The molecule has 1 heterocycles. The van der Waals surface area contributed by atoms with Gasteiger partial charge in [0.1, 0.15) is 0 Å². The first-order valence-corrected chi connectivity index (χ1v) is 9.14. The van der Waals surface area contributed by atoms with Crippen LogP contribution in [0.25, 0.3) is 0 Å². The van der Waals surface area contributed by atoms with Crippen molar-refractivity contribution in [3.05, 3.63) is 34.9 Å². The Morgan fingerprint density at radius 2 is 2.00 bits per heavy atom. The summed E-state index contributed by atoms with van der Waals surface area (Å²) in [5, 5.41) is 16.0. The van der Waals surface area contributed by atoms with E-state index >= 15 is 0 Å². The summed E-state index contributed by atoms with van der Waals surface area (Å²) in [5.41, 5.74) is 0.817. The molecule has 0 spiro atoms. The molecule has 130 valence electrons. The predicted molar refractivity (Wildman–Crippen MR) is 96.2 cm³/mol. The molecule has 1 N–H and O–H groups in total. The lowest BCUT2D eigenvalue weighted by Gasteiger charge is -2.20. The quantitative estimate of drug-likeness (QED) is 0.792. The number of nitrogens with one attached hydrogen (secondary N) is 1. The number of hydrogen-bond acceptors (Lipinski definition) is 5. The molecule has 0 bridgehead atoms. The highest BCUT2D eigenvalue weighted by Gasteiger charge is 2.21. The fourth-order valence-electron chi connectivity index (χ4n) is 2.17. The first-order chi connectivity index (χ1) is 11.3. The molecule has 0 saturated carbocycles. The van der Waals surface area contributed by atoms with Crippen LogP contribution in [0.1, 0.15) is 45.7 Å². The minimum atomic E-state index is -0.225. The summed E-state index contributed by atoms with van der Waals surface area (Å²) in [6, 6.07) is 7.50. The normalized spacial score (nSPS) is 12.9. The van der Waals surface area contributed by atoms with E-state index in [2.05, 4.69) is 20.8 Å². The Labute approximate surface area is 151 Å². The van der Waals surface area contributed by atoms with Gasteiger partial charge in [0.05, 0.1) is 17.3 Å². The van der Waals surface area contributed by atoms with Gasteiger partial charge in [-0.25, -0.2) is 4.68 Å². The lowest BCUT2D eigenvalue weighted by molar-refractivity contribution is -0.119. The number of aromatic nitrogens is 4. The fourth-order valence-corrected chi connectivity index (χ4v) is 3.17. The first kappa shape index (κ1) is 18.7. The lowest BCUT2D eigenvalue weighted by Crippen LogP contribution is -2.30. The standard InChI is InChI=1S/C16H22ClN5OS/c1-5-13(11-6-8-12(17)9-7-11)18-14(23)10-24-15-19-20-21-22(15)16(2,3)4/h6-9,13H,5,10H2,1-4H3,(H,18,23). The van der Waals surface area contributed by atoms with Gasteiger partial charge in [-0.3, -0.25) is 4.79 Å². The molecule has 1 aromatic heterocycles. The highest BCUT2D eigenvalue weighted by Crippen LogP contribution is 2.22. The Morgan fingerprint density at radius 3 is 2.58 bits per heavy atom. The van der Waals surface area contributed by atoms with E-state index in [1.54, 1.807) is 4.68 Å². The van der Waals surface area contributed by atoms with Crippen molar-refractivity contribution in [2.24, 2.45) is 0 Å². The molecule has 0 aliphatic rings. The first-order valence-electron chi connectivity index (χ1n) is 7.77. The van der Waals surface area contributed by atoms with Crippen molar-refractivity contribution < 1.29 is 4.79 Å². The lowest BCUT2D eigenvalue weighted by atomic mass is 10.0. The van der Waals surface area contributed by atoms with Crippen LogP contribution >= 0.6 is 23.4 Å². The number of hydrogen-bond donors (Lipinski definition) is 1. The van der Waals surface area contributed by atoms with Crippen LogP contribution in [0.5, 0.6) is 0 Å². The smallest absolute Gasteiger partial charge is 0.230 e. The summed E-state index contributed by atoms with van der Waals surface area (Å²) in [6.45, 7) is 8.08. The number of halogens is 1. The number of nitrogens with zero attached hydrogens (tertiary/aromatic N) is 4. The van der Waals surface area contributed by atoms with Crippen LogP contribution in [0.4, 0.5) is 0 Å². The van der Waals surface area contributed by atoms with Gasteiger partial charge in [0, 0.05) is 5.02 Å². The summed E-state index contributed by atoms with van der Waals surface area (Å²) in [7, 11) is 0. The minimum absolute atomic E-state index is 0.0334. The van der Waals surface area contributed by atoms with Crippen LogP contribution in [0.2, 0.25) is 5.02 Å². The number of carbonyl (C=O) groups is 1. The average molecular weight is 368 g/mol. The van der Waals surface area contributed by atoms with Crippen LogP contribution in [0.3, 0.4) is 0 Å². The van der Waals surface area contributed by atoms with E-state index < -0.39 is 0 Å². The van der Waals surface area contributed by atoms with Gasteiger partial charge in [0.25, 0.3) is 0 Å². The van der Waals surface area contributed by atoms with Crippen molar-refractivity contribution in [2.45, 2.75) is 50.9 Å². The number of carbonyl (C=O) groups excluding carboxylic acids is 1. The molecule has 0 fully saturated rings. The van der Waals surface area contributed by atoms with Crippen molar-refractivity contribution in [2.75, 3.05) is 5.75 Å². The number of benzene rings is 1. The molecule has 1 unspecified atom stereocenters. The van der Waals surface area contributed by atoms with Gasteiger partial charge in [-0.2, -0.15) is 0 Å². The van der Waals surface area contributed by atoms with Gasteiger partial charge in [-0.05, 0) is 55.3 Å². The summed E-state index contributed by atoms with van der Waals surface area (Å²) in [6.07, 6.45) is 0.803. The molecule has 8 heteroatoms. The maximum Gasteiger partial charge on any atom is 0.230 e. The van der Waals surface area contributed by atoms with E-state index in [-0.39, 0.29) is 23.2 Å². The Bertz CT molecular complexity index is 681. The molecule has 24 heavy (non-hydrogen) atoms. The molecule has 2 aromatic rings. The van der Waals surface area contributed by atoms with Crippen molar-refractivity contribution in [3.63, 3.8) is 0 Å². The Kier molecular flexibility index (Phi) is 6.23. The topological polar surface area (TPSA) is 72.7 Å². The molecule has 1 atom stereocenters. The summed E-state index contributed by atoms with van der Waals surface area (Å²) >= 11 is 7.24. The van der Waals surface area contributed by atoms with Gasteiger partial charge in [0.2, 0.25) is 11.1 Å². The molecule has 0 aliphatic heterocycles. The summed E-state index contributed by atoms with van der Waals surface area (Å²) < 4.78 is 1.72. The Balaban J connectivity index is 1.95. The predicted octanol–water partition coefficient (Wildman–Crippen LogP) is 3.44. The van der Waals surface area contributed by atoms with Gasteiger partial charge in [-0.15, -0.1) is 5.10 Å². The van der Waals surface area contributed by atoms with E-state index in [4.69, 9.17) is 11.6 Å². The molecule has 1 aromatic carbocycles. The molecule has 6 nitrogen and oxygen atoms in total. The van der Waals surface area contributed by atoms with Gasteiger partial charge >= 0.3 is 0 Å². The summed E-state index contributed by atoms with van der Waals surface area (Å²) in [5.74, 6) is 0.214. The van der Waals surface area contributed by atoms with Crippen molar-refractivity contribution in [1.29, 1.82) is 0 Å². The second-order valence-corrected chi connectivity index (χ2v) is 7.79. The fraction of sp³-hybridized carbons (Fsp3) is 0.500. The average Bonchev–Trinajstić information content (AvgIpc) is 3.00. The molecule has 0 radical (unpaired) electrons. The van der Waals surface area contributed by atoms with E-state index in [0.717, 1.165) is 12.0 Å². The van der Waals surface area contributed by atoms with Crippen LogP contribution in [0.15, 0.2) is 29.4 Å². The third-order valence-electron chi connectivity index (χ3n) is 3.42. The zero-order valence-electron chi connectivity index (χ0n) is 14.3. The van der Waals surface area contributed by atoms with Gasteiger partial charge < -0.3 is 5.32 Å². The monoisotopic (exact) mass is 367 g/mol. The van der Waals surface area contributed by atoms with E-state index in [1.165, 1.54) is 11.8 Å². The van der Waals surface area contributed by atoms with E-state index in [1.807, 2.05) is 52.0 Å². The maximum absolute atomic E-state index is 12.3. The molecule has 0 saturated heterocycles. The number of thioether (sulfide) groups is 1.